The van der Waals surface area contributed by atoms with E-state index < -0.39 is 6.16 Å². The molecule has 0 spiro atoms. The molecule has 0 aromatic heterocycles. The lowest BCUT2D eigenvalue weighted by Gasteiger charge is -2.58. The summed E-state index contributed by atoms with van der Waals surface area (Å²) in [7, 11) is 0. The number of hydrogen-bond donors (Lipinski definition) is 0. The molecule has 34 heavy (non-hydrogen) atoms. The highest BCUT2D eigenvalue weighted by molar-refractivity contribution is 5.60. The number of terminal acetylenes is 1. The summed E-state index contributed by atoms with van der Waals surface area (Å²) in [6, 6.07) is 0. The molecule has 190 valence electrons. The smallest absolute Gasteiger partial charge is 0.431 e. The van der Waals surface area contributed by atoms with Crippen molar-refractivity contribution in [2.75, 3.05) is 6.61 Å². The van der Waals surface area contributed by atoms with Crippen LogP contribution in [0.15, 0.2) is 11.6 Å². The predicted octanol–water partition coefficient (Wildman–Crippen LogP) is 8.18. The molecule has 0 heterocycles. The van der Waals surface area contributed by atoms with Crippen LogP contribution >= 0.6 is 0 Å². The molecule has 0 N–H and O–H groups in total. The number of hydrogen-bond acceptors (Lipinski definition) is 3. The van der Waals surface area contributed by atoms with E-state index in [0.717, 1.165) is 54.8 Å². The van der Waals surface area contributed by atoms with Gasteiger partial charge < -0.3 is 9.47 Å². The Hall–Kier alpha value is -1.43. The summed E-state index contributed by atoms with van der Waals surface area (Å²) in [5.74, 6) is 7.42. The third kappa shape index (κ3) is 4.81. The summed E-state index contributed by atoms with van der Waals surface area (Å²) in [4.78, 5) is 11.9. The minimum atomic E-state index is -0.617. The van der Waals surface area contributed by atoms with Crippen LogP contribution in [0.5, 0.6) is 0 Å². The Morgan fingerprint density at radius 1 is 1.12 bits per heavy atom. The van der Waals surface area contributed by atoms with Crippen molar-refractivity contribution in [3.05, 3.63) is 11.6 Å². The Kier molecular flexibility index (Phi) is 7.76. The molecule has 3 fully saturated rings. The molecule has 4 aliphatic rings. The number of allylic oxidation sites excluding steroid dienone is 1. The zero-order valence-corrected chi connectivity index (χ0v) is 22.4. The average Bonchev–Trinajstić information content (AvgIpc) is 3.15. The van der Waals surface area contributed by atoms with E-state index in [1.165, 1.54) is 56.9 Å². The van der Waals surface area contributed by atoms with Gasteiger partial charge in [0, 0.05) is 6.42 Å². The van der Waals surface area contributed by atoms with Gasteiger partial charge in [0.15, 0.2) is 6.61 Å². The van der Waals surface area contributed by atoms with Crippen LogP contribution in [0.1, 0.15) is 105 Å². The molecule has 0 radical (unpaired) electrons. The van der Waals surface area contributed by atoms with E-state index in [0.29, 0.717) is 5.41 Å². The van der Waals surface area contributed by atoms with E-state index >= 15 is 0 Å². The lowest BCUT2D eigenvalue weighted by Crippen LogP contribution is -2.51. The molecule has 0 aromatic rings. The molecule has 0 bridgehead atoms. The Bertz CT molecular complexity index is 806. The number of carbonyl (C=O) groups is 1. The number of rotatable bonds is 7. The van der Waals surface area contributed by atoms with Gasteiger partial charge >= 0.3 is 6.16 Å². The lowest BCUT2D eigenvalue weighted by molar-refractivity contribution is -0.0612. The van der Waals surface area contributed by atoms with Crippen molar-refractivity contribution in [2.45, 2.75) is 111 Å². The second kappa shape index (κ2) is 10.3. The Balaban J connectivity index is 1.42. The SMILES string of the molecule is C#CCOC(=O)OC1CCC2(C)C(=CCC3C2CCC2(C)C(C(C)CCCC(C)C)CCC32)C1. The minimum Gasteiger partial charge on any atom is -0.431 e. The van der Waals surface area contributed by atoms with Crippen molar-refractivity contribution in [2.24, 2.45) is 46.3 Å². The molecular formula is C31H48O3. The molecule has 0 saturated heterocycles. The van der Waals surface area contributed by atoms with Crippen molar-refractivity contribution >= 4 is 6.16 Å². The van der Waals surface area contributed by atoms with E-state index in [-0.39, 0.29) is 18.1 Å². The molecule has 8 atom stereocenters. The molecule has 3 nitrogen and oxygen atoms in total. The van der Waals surface area contributed by atoms with Crippen LogP contribution in [0.25, 0.3) is 0 Å². The standard InChI is InChI=1S/C31H48O3/c1-7-19-33-29(32)34-24-15-17-30(5)23(20-24)11-12-25-27-14-13-26(22(4)10-8-9-21(2)3)31(27,6)18-16-28(25)30/h1,11,21-22,24-28H,8-10,12-20H2,2-6H3. The summed E-state index contributed by atoms with van der Waals surface area (Å²) in [5.41, 5.74) is 2.34. The zero-order chi connectivity index (χ0) is 24.5. The third-order valence-corrected chi connectivity index (χ3v) is 10.8. The maximum atomic E-state index is 11.9. The summed E-state index contributed by atoms with van der Waals surface area (Å²) in [6.45, 7) is 12.4. The Morgan fingerprint density at radius 2 is 1.91 bits per heavy atom. The predicted molar refractivity (Wildman–Crippen MR) is 138 cm³/mol. The summed E-state index contributed by atoms with van der Waals surface area (Å²) >= 11 is 0. The van der Waals surface area contributed by atoms with Gasteiger partial charge in [-0.05, 0) is 91.3 Å². The van der Waals surface area contributed by atoms with Gasteiger partial charge in [-0.1, -0.05) is 71.5 Å². The Labute approximate surface area is 208 Å². The largest absolute Gasteiger partial charge is 0.509 e. The van der Waals surface area contributed by atoms with Gasteiger partial charge in [0.05, 0.1) is 0 Å². The van der Waals surface area contributed by atoms with E-state index in [4.69, 9.17) is 15.9 Å². The van der Waals surface area contributed by atoms with E-state index in [9.17, 15) is 4.79 Å². The minimum absolute atomic E-state index is 0.0206. The first kappa shape index (κ1) is 25.7. The maximum Gasteiger partial charge on any atom is 0.509 e. The lowest BCUT2D eigenvalue weighted by atomic mass is 9.47. The third-order valence-electron chi connectivity index (χ3n) is 10.8. The Morgan fingerprint density at radius 3 is 2.65 bits per heavy atom. The van der Waals surface area contributed by atoms with Crippen molar-refractivity contribution in [3.8, 4) is 12.3 Å². The second-order valence-corrected chi connectivity index (χ2v) is 13.0. The zero-order valence-electron chi connectivity index (χ0n) is 22.4. The highest BCUT2D eigenvalue weighted by atomic mass is 16.7. The fourth-order valence-corrected chi connectivity index (χ4v) is 9.02. The first-order valence-electron chi connectivity index (χ1n) is 14.2. The highest BCUT2D eigenvalue weighted by Crippen LogP contribution is 2.67. The average molecular weight is 469 g/mol. The van der Waals surface area contributed by atoms with Gasteiger partial charge in [-0.15, -0.1) is 6.42 Å². The van der Waals surface area contributed by atoms with E-state index in [1.807, 2.05) is 0 Å². The van der Waals surface area contributed by atoms with Gasteiger partial charge in [-0.2, -0.15) is 0 Å². The first-order chi connectivity index (χ1) is 16.2. The van der Waals surface area contributed by atoms with Crippen LogP contribution in [-0.4, -0.2) is 18.9 Å². The summed E-state index contributed by atoms with van der Waals surface area (Å²) in [5, 5.41) is 0. The number of carbonyl (C=O) groups excluding carboxylic acids is 1. The maximum absolute atomic E-state index is 11.9. The second-order valence-electron chi connectivity index (χ2n) is 13.0. The molecule has 8 unspecified atom stereocenters. The van der Waals surface area contributed by atoms with Gasteiger partial charge in [-0.25, -0.2) is 4.79 Å². The first-order valence-corrected chi connectivity index (χ1v) is 14.2. The molecule has 4 rings (SSSR count). The summed E-state index contributed by atoms with van der Waals surface area (Å²) < 4.78 is 10.5. The quantitative estimate of drug-likeness (QED) is 0.215. The van der Waals surface area contributed by atoms with Crippen molar-refractivity contribution in [1.29, 1.82) is 0 Å². The van der Waals surface area contributed by atoms with Crippen LogP contribution in [-0.2, 0) is 9.47 Å². The van der Waals surface area contributed by atoms with Gasteiger partial charge in [0.25, 0.3) is 0 Å². The van der Waals surface area contributed by atoms with Crippen molar-refractivity contribution in [3.63, 3.8) is 0 Å². The molecule has 0 aliphatic heterocycles. The van der Waals surface area contributed by atoms with Crippen LogP contribution in [0.3, 0.4) is 0 Å². The topological polar surface area (TPSA) is 35.5 Å². The normalized spacial score (nSPS) is 39.8. The van der Waals surface area contributed by atoms with Crippen molar-refractivity contribution < 1.29 is 14.3 Å². The molecule has 0 amide bonds. The van der Waals surface area contributed by atoms with E-state index in [1.54, 1.807) is 0 Å². The molecule has 4 aliphatic carbocycles. The van der Waals surface area contributed by atoms with Gasteiger partial charge in [-0.3, -0.25) is 0 Å². The van der Waals surface area contributed by atoms with Gasteiger partial charge in [0.1, 0.15) is 6.10 Å². The van der Waals surface area contributed by atoms with Gasteiger partial charge in [0.2, 0.25) is 0 Å². The fourth-order valence-electron chi connectivity index (χ4n) is 9.02. The van der Waals surface area contributed by atoms with Crippen LogP contribution in [0.2, 0.25) is 0 Å². The molecular weight excluding hydrogens is 420 g/mol. The molecule has 3 heteroatoms. The molecule has 3 saturated carbocycles. The monoisotopic (exact) mass is 468 g/mol. The summed E-state index contributed by atoms with van der Waals surface area (Å²) in [6.07, 6.45) is 21.0. The number of ether oxygens (including phenoxy) is 2. The van der Waals surface area contributed by atoms with E-state index in [2.05, 4.69) is 46.6 Å². The van der Waals surface area contributed by atoms with Crippen molar-refractivity contribution in [1.82, 2.24) is 0 Å². The fraction of sp³-hybridized carbons (Fsp3) is 0.839. The molecule has 0 aromatic carbocycles. The van der Waals surface area contributed by atoms with Crippen LogP contribution < -0.4 is 0 Å². The van der Waals surface area contributed by atoms with Crippen LogP contribution in [0, 0.1) is 58.7 Å². The number of fused-ring (bicyclic) bond motifs is 5. The van der Waals surface area contributed by atoms with Crippen LogP contribution in [0.4, 0.5) is 4.79 Å². The highest BCUT2D eigenvalue weighted by Gasteiger charge is 2.59.